The molecular weight excluding hydrogens is 339 g/mol. The lowest BCUT2D eigenvalue weighted by Gasteiger charge is -2.31. The summed E-state index contributed by atoms with van der Waals surface area (Å²) in [5.41, 5.74) is 0.409. The highest BCUT2D eigenvalue weighted by Gasteiger charge is 2.39. The molecular formula is C16H16F3N3O3. The second kappa shape index (κ2) is 6.73. The number of likely N-dealkylation sites (tertiary alicyclic amines) is 1. The molecule has 1 amide bonds. The molecule has 134 valence electrons. The van der Waals surface area contributed by atoms with E-state index in [1.807, 2.05) is 0 Å². The third-order valence-electron chi connectivity index (χ3n) is 4.08. The molecule has 0 bridgehead atoms. The summed E-state index contributed by atoms with van der Waals surface area (Å²) >= 11 is 0. The zero-order valence-electron chi connectivity index (χ0n) is 13.4. The highest BCUT2D eigenvalue weighted by molar-refractivity contribution is 5.97. The summed E-state index contributed by atoms with van der Waals surface area (Å²) in [6.45, 7) is 0.726. The Balaban J connectivity index is 1.77. The number of halogens is 3. The van der Waals surface area contributed by atoms with Crippen LogP contribution in [-0.4, -0.2) is 41.2 Å². The molecule has 25 heavy (non-hydrogen) atoms. The number of nitrogens with zero attached hydrogens (tertiary/aromatic N) is 3. The third kappa shape index (κ3) is 3.59. The van der Waals surface area contributed by atoms with Crippen LogP contribution in [0.5, 0.6) is 5.75 Å². The molecule has 1 aromatic carbocycles. The first-order chi connectivity index (χ1) is 11.9. The molecule has 0 N–H and O–H groups in total. The van der Waals surface area contributed by atoms with Crippen LogP contribution in [0.15, 0.2) is 28.7 Å². The van der Waals surface area contributed by atoms with Gasteiger partial charge in [0.25, 0.3) is 5.91 Å². The summed E-state index contributed by atoms with van der Waals surface area (Å²) in [6, 6.07) is 6.82. The molecule has 9 heteroatoms. The number of amides is 1. The standard InChI is InChI=1S/C16H16F3N3O3/c1-24-12-7-3-2-6-11(12)14(23)22-8-4-5-10(9-22)13-20-21-15(25-13)16(17,18)19/h2-3,6-7,10H,4-5,8-9H2,1H3. The van der Waals surface area contributed by atoms with Crippen molar-refractivity contribution in [1.29, 1.82) is 0 Å². The number of rotatable bonds is 3. The van der Waals surface area contributed by atoms with Crippen LogP contribution < -0.4 is 4.74 Å². The summed E-state index contributed by atoms with van der Waals surface area (Å²) in [5.74, 6) is -1.67. The minimum Gasteiger partial charge on any atom is -0.496 e. The third-order valence-corrected chi connectivity index (χ3v) is 4.08. The van der Waals surface area contributed by atoms with Gasteiger partial charge in [-0.15, -0.1) is 10.2 Å². The van der Waals surface area contributed by atoms with E-state index < -0.39 is 18.0 Å². The molecule has 0 aliphatic carbocycles. The summed E-state index contributed by atoms with van der Waals surface area (Å²) in [5, 5.41) is 6.56. The number of para-hydroxylation sites is 1. The van der Waals surface area contributed by atoms with Crippen LogP contribution in [0.4, 0.5) is 13.2 Å². The summed E-state index contributed by atoms with van der Waals surface area (Å²) in [6.07, 6.45) is -3.46. The average Bonchev–Trinajstić information content (AvgIpc) is 3.12. The predicted molar refractivity (Wildman–Crippen MR) is 80.2 cm³/mol. The highest BCUT2D eigenvalue weighted by Crippen LogP contribution is 2.32. The molecule has 0 saturated carbocycles. The van der Waals surface area contributed by atoms with Gasteiger partial charge in [0.2, 0.25) is 5.89 Å². The zero-order chi connectivity index (χ0) is 18.0. The number of aromatic nitrogens is 2. The molecule has 1 aliphatic heterocycles. The maximum atomic E-state index is 12.7. The number of hydrogen-bond donors (Lipinski definition) is 0. The SMILES string of the molecule is COc1ccccc1C(=O)N1CCCC(c2nnc(C(F)(F)F)o2)C1. The van der Waals surface area contributed by atoms with Crippen molar-refractivity contribution in [1.82, 2.24) is 15.1 Å². The number of benzene rings is 1. The molecule has 1 saturated heterocycles. The van der Waals surface area contributed by atoms with Gasteiger partial charge in [-0.25, -0.2) is 0 Å². The molecule has 3 rings (SSSR count). The largest absolute Gasteiger partial charge is 0.496 e. The Morgan fingerprint density at radius 1 is 1.32 bits per heavy atom. The van der Waals surface area contributed by atoms with Crippen molar-refractivity contribution in [3.8, 4) is 5.75 Å². The van der Waals surface area contributed by atoms with Crippen LogP contribution in [0.25, 0.3) is 0 Å². The second-order valence-corrected chi connectivity index (χ2v) is 5.73. The van der Waals surface area contributed by atoms with E-state index in [0.29, 0.717) is 30.7 Å². The van der Waals surface area contributed by atoms with Crippen LogP contribution in [0, 0.1) is 0 Å². The monoisotopic (exact) mass is 355 g/mol. The lowest BCUT2D eigenvalue weighted by atomic mass is 9.97. The Hall–Kier alpha value is -2.58. The number of ether oxygens (including phenoxy) is 1. The van der Waals surface area contributed by atoms with Crippen molar-refractivity contribution in [2.45, 2.75) is 24.9 Å². The fourth-order valence-corrected chi connectivity index (χ4v) is 2.87. The van der Waals surface area contributed by atoms with E-state index in [2.05, 4.69) is 10.2 Å². The normalized spacial score (nSPS) is 18.2. The first kappa shape index (κ1) is 17.2. The van der Waals surface area contributed by atoms with Crippen molar-refractivity contribution < 1.29 is 27.1 Å². The van der Waals surface area contributed by atoms with Crippen LogP contribution in [0.1, 0.15) is 40.9 Å². The Kier molecular flexibility index (Phi) is 4.65. The van der Waals surface area contributed by atoms with E-state index in [1.165, 1.54) is 7.11 Å². The molecule has 1 unspecified atom stereocenters. The van der Waals surface area contributed by atoms with E-state index in [1.54, 1.807) is 29.2 Å². The first-order valence-electron chi connectivity index (χ1n) is 7.73. The van der Waals surface area contributed by atoms with Crippen LogP contribution >= 0.6 is 0 Å². The zero-order valence-corrected chi connectivity index (χ0v) is 13.4. The van der Waals surface area contributed by atoms with Gasteiger partial charge < -0.3 is 14.1 Å². The van der Waals surface area contributed by atoms with Crippen LogP contribution in [-0.2, 0) is 6.18 Å². The average molecular weight is 355 g/mol. The molecule has 1 fully saturated rings. The molecule has 2 aromatic rings. The van der Waals surface area contributed by atoms with Crippen molar-refractivity contribution in [2.75, 3.05) is 20.2 Å². The van der Waals surface area contributed by atoms with E-state index in [4.69, 9.17) is 9.15 Å². The fraction of sp³-hybridized carbons (Fsp3) is 0.438. The van der Waals surface area contributed by atoms with Gasteiger partial charge in [0.1, 0.15) is 5.75 Å². The molecule has 0 spiro atoms. The van der Waals surface area contributed by atoms with Crippen molar-refractivity contribution in [2.24, 2.45) is 0 Å². The van der Waals surface area contributed by atoms with E-state index in [-0.39, 0.29) is 18.3 Å². The molecule has 6 nitrogen and oxygen atoms in total. The molecule has 1 aromatic heterocycles. The van der Waals surface area contributed by atoms with Crippen LogP contribution in [0.2, 0.25) is 0 Å². The molecule has 1 atom stereocenters. The quantitative estimate of drug-likeness (QED) is 0.846. The van der Waals surface area contributed by atoms with E-state index in [0.717, 1.165) is 0 Å². The van der Waals surface area contributed by atoms with Gasteiger partial charge in [-0.3, -0.25) is 4.79 Å². The minimum atomic E-state index is -4.67. The maximum absolute atomic E-state index is 12.7. The predicted octanol–water partition coefficient (Wildman–Crippen LogP) is 3.12. The van der Waals surface area contributed by atoms with E-state index >= 15 is 0 Å². The van der Waals surface area contributed by atoms with Gasteiger partial charge in [0.05, 0.1) is 18.6 Å². The number of methoxy groups -OCH3 is 1. The number of piperidine rings is 1. The van der Waals surface area contributed by atoms with E-state index in [9.17, 15) is 18.0 Å². The van der Waals surface area contributed by atoms with Gasteiger partial charge in [0.15, 0.2) is 0 Å². The second-order valence-electron chi connectivity index (χ2n) is 5.73. The van der Waals surface area contributed by atoms with Crippen LogP contribution in [0.3, 0.4) is 0 Å². The Morgan fingerprint density at radius 2 is 2.08 bits per heavy atom. The number of carbonyl (C=O) groups is 1. The summed E-state index contributed by atoms with van der Waals surface area (Å²) in [7, 11) is 1.47. The van der Waals surface area contributed by atoms with Crippen molar-refractivity contribution in [3.05, 3.63) is 41.6 Å². The van der Waals surface area contributed by atoms with Gasteiger partial charge in [0, 0.05) is 13.1 Å². The highest BCUT2D eigenvalue weighted by atomic mass is 19.4. The van der Waals surface area contributed by atoms with Crippen molar-refractivity contribution in [3.63, 3.8) is 0 Å². The Morgan fingerprint density at radius 3 is 2.76 bits per heavy atom. The summed E-state index contributed by atoms with van der Waals surface area (Å²) in [4.78, 5) is 14.3. The number of alkyl halides is 3. The molecule has 2 heterocycles. The summed E-state index contributed by atoms with van der Waals surface area (Å²) < 4.78 is 47.8. The molecule has 0 radical (unpaired) electrons. The van der Waals surface area contributed by atoms with Gasteiger partial charge in [-0.1, -0.05) is 12.1 Å². The molecule has 1 aliphatic rings. The smallest absolute Gasteiger partial charge is 0.470 e. The number of carbonyl (C=O) groups excluding carboxylic acids is 1. The van der Waals surface area contributed by atoms with Crippen molar-refractivity contribution >= 4 is 5.91 Å². The topological polar surface area (TPSA) is 68.5 Å². The lowest BCUT2D eigenvalue weighted by Crippen LogP contribution is -2.39. The van der Waals surface area contributed by atoms with Gasteiger partial charge in [-0.05, 0) is 25.0 Å². The number of hydrogen-bond acceptors (Lipinski definition) is 5. The lowest BCUT2D eigenvalue weighted by molar-refractivity contribution is -0.157. The Bertz CT molecular complexity index is 760. The minimum absolute atomic E-state index is 0.0927. The van der Waals surface area contributed by atoms with Gasteiger partial charge in [-0.2, -0.15) is 13.2 Å². The van der Waals surface area contributed by atoms with Gasteiger partial charge >= 0.3 is 12.1 Å². The first-order valence-corrected chi connectivity index (χ1v) is 7.73. The Labute approximate surface area is 141 Å². The maximum Gasteiger partial charge on any atom is 0.470 e. The fourth-order valence-electron chi connectivity index (χ4n) is 2.87.